The van der Waals surface area contributed by atoms with E-state index in [1.165, 1.54) is 0 Å². The number of ether oxygens (including phenoxy) is 1. The minimum atomic E-state index is -0.493. The second-order valence-corrected chi connectivity index (χ2v) is 4.14. The van der Waals surface area contributed by atoms with Gasteiger partial charge in [-0.2, -0.15) is 0 Å². The van der Waals surface area contributed by atoms with Crippen LogP contribution in [0.1, 0.15) is 6.92 Å². The molecule has 108 valence electrons. The summed E-state index contributed by atoms with van der Waals surface area (Å²) >= 11 is 0. The van der Waals surface area contributed by atoms with E-state index >= 15 is 0 Å². The van der Waals surface area contributed by atoms with Crippen LogP contribution in [0.5, 0.6) is 0 Å². The van der Waals surface area contributed by atoms with Crippen molar-refractivity contribution in [1.29, 1.82) is 0 Å². The number of amides is 2. The van der Waals surface area contributed by atoms with Crippen molar-refractivity contribution in [2.45, 2.75) is 6.92 Å². The highest BCUT2D eigenvalue weighted by molar-refractivity contribution is 5.93. The van der Waals surface area contributed by atoms with E-state index in [0.29, 0.717) is 22.6 Å². The fourth-order valence-electron chi connectivity index (χ4n) is 1.28. The van der Waals surface area contributed by atoms with Gasteiger partial charge in [-0.25, -0.2) is 9.59 Å². The minimum absolute atomic E-state index is 0.0610. The van der Waals surface area contributed by atoms with Gasteiger partial charge in [-0.15, -0.1) is 0 Å². The zero-order chi connectivity index (χ0) is 15.1. The smallest absolute Gasteiger partial charge is 0.333 e. The van der Waals surface area contributed by atoms with Crippen molar-refractivity contribution in [2.24, 2.45) is 0 Å². The molecule has 0 bridgehead atoms. The molecule has 7 nitrogen and oxygen atoms in total. The zero-order valence-electron chi connectivity index (χ0n) is 11.2. The van der Waals surface area contributed by atoms with Gasteiger partial charge in [0.2, 0.25) is 0 Å². The molecular weight excluding hydrogens is 260 g/mol. The number of nitrogens with one attached hydrogen (secondary N) is 2. The molecular formula is C13H18N4O3. The third-order valence-electron chi connectivity index (χ3n) is 2.29. The molecule has 0 heterocycles. The average molecular weight is 278 g/mol. The van der Waals surface area contributed by atoms with E-state index in [-0.39, 0.29) is 13.2 Å². The van der Waals surface area contributed by atoms with Crippen LogP contribution in [0.3, 0.4) is 0 Å². The van der Waals surface area contributed by atoms with Gasteiger partial charge in [0.1, 0.15) is 6.61 Å². The van der Waals surface area contributed by atoms with Crippen LogP contribution in [0.15, 0.2) is 30.4 Å². The van der Waals surface area contributed by atoms with Crippen LogP contribution in [-0.4, -0.2) is 25.2 Å². The van der Waals surface area contributed by atoms with E-state index in [1.54, 1.807) is 25.1 Å². The lowest BCUT2D eigenvalue weighted by Gasteiger charge is -2.10. The number of urea groups is 1. The Bertz CT molecular complexity index is 528. The summed E-state index contributed by atoms with van der Waals surface area (Å²) < 4.78 is 4.82. The molecule has 20 heavy (non-hydrogen) atoms. The lowest BCUT2D eigenvalue weighted by Crippen LogP contribution is -2.32. The second kappa shape index (κ2) is 7.03. The SMILES string of the molecule is C=C(C)C(=O)OCCNC(=O)Nc1cc(N)ccc1N. The van der Waals surface area contributed by atoms with Gasteiger partial charge >= 0.3 is 12.0 Å². The van der Waals surface area contributed by atoms with E-state index in [2.05, 4.69) is 17.2 Å². The number of nitrogen functional groups attached to an aromatic ring is 2. The summed E-state index contributed by atoms with van der Waals surface area (Å²) in [6, 6.07) is 4.32. The summed E-state index contributed by atoms with van der Waals surface area (Å²) in [4.78, 5) is 22.7. The van der Waals surface area contributed by atoms with E-state index in [9.17, 15) is 9.59 Å². The molecule has 0 unspecified atom stereocenters. The minimum Gasteiger partial charge on any atom is -0.460 e. The molecule has 1 aromatic rings. The maximum absolute atomic E-state index is 11.6. The van der Waals surface area contributed by atoms with Crippen molar-refractivity contribution in [3.8, 4) is 0 Å². The fourth-order valence-corrected chi connectivity index (χ4v) is 1.28. The molecule has 0 aliphatic carbocycles. The average Bonchev–Trinajstić information content (AvgIpc) is 2.38. The zero-order valence-corrected chi connectivity index (χ0v) is 11.2. The number of carbonyl (C=O) groups is 2. The first kappa shape index (κ1) is 15.4. The molecule has 0 spiro atoms. The number of hydrogen-bond acceptors (Lipinski definition) is 5. The standard InChI is InChI=1S/C13H18N4O3/c1-8(2)12(18)20-6-5-16-13(19)17-11-7-9(14)3-4-10(11)15/h3-4,7H,1,5-6,14-15H2,2H3,(H2,16,17,19). The van der Waals surface area contributed by atoms with Gasteiger partial charge in [-0.3, -0.25) is 0 Å². The predicted molar refractivity (Wildman–Crippen MR) is 78.1 cm³/mol. The highest BCUT2D eigenvalue weighted by Crippen LogP contribution is 2.20. The maximum Gasteiger partial charge on any atom is 0.333 e. The topological polar surface area (TPSA) is 119 Å². The molecule has 6 N–H and O–H groups in total. The highest BCUT2D eigenvalue weighted by Gasteiger charge is 2.06. The normalized spacial score (nSPS) is 9.65. The van der Waals surface area contributed by atoms with E-state index in [0.717, 1.165) is 0 Å². The van der Waals surface area contributed by atoms with Gasteiger partial charge in [0, 0.05) is 11.3 Å². The first-order valence-electron chi connectivity index (χ1n) is 5.92. The van der Waals surface area contributed by atoms with Crippen molar-refractivity contribution < 1.29 is 14.3 Å². The third-order valence-corrected chi connectivity index (χ3v) is 2.29. The summed E-state index contributed by atoms with van der Waals surface area (Å²) in [7, 11) is 0. The lowest BCUT2D eigenvalue weighted by molar-refractivity contribution is -0.138. The van der Waals surface area contributed by atoms with Crippen LogP contribution >= 0.6 is 0 Å². The summed E-state index contributed by atoms with van der Waals surface area (Å²) in [5, 5.41) is 5.07. The summed E-state index contributed by atoms with van der Waals surface area (Å²) in [5.41, 5.74) is 12.9. The van der Waals surface area contributed by atoms with Crippen molar-refractivity contribution >= 4 is 29.1 Å². The Morgan fingerprint density at radius 3 is 2.70 bits per heavy atom. The number of rotatable bonds is 5. The van der Waals surface area contributed by atoms with Crippen LogP contribution in [0.4, 0.5) is 21.9 Å². The number of benzene rings is 1. The molecule has 2 amide bonds. The lowest BCUT2D eigenvalue weighted by atomic mass is 10.2. The van der Waals surface area contributed by atoms with Crippen molar-refractivity contribution in [1.82, 2.24) is 5.32 Å². The first-order valence-corrected chi connectivity index (χ1v) is 5.92. The second-order valence-electron chi connectivity index (χ2n) is 4.14. The van der Waals surface area contributed by atoms with Crippen LogP contribution in [0, 0.1) is 0 Å². The van der Waals surface area contributed by atoms with E-state index in [4.69, 9.17) is 16.2 Å². The highest BCUT2D eigenvalue weighted by atomic mass is 16.5. The molecule has 0 aromatic heterocycles. The molecule has 0 aliphatic heterocycles. The Hall–Kier alpha value is -2.70. The van der Waals surface area contributed by atoms with Gasteiger partial charge in [-0.1, -0.05) is 6.58 Å². The first-order chi connectivity index (χ1) is 9.40. The molecule has 1 rings (SSSR count). The van der Waals surface area contributed by atoms with Crippen LogP contribution in [-0.2, 0) is 9.53 Å². The van der Waals surface area contributed by atoms with Gasteiger partial charge in [0.15, 0.2) is 0 Å². The predicted octanol–water partition coefficient (Wildman–Crippen LogP) is 1.09. The molecule has 0 saturated carbocycles. The van der Waals surface area contributed by atoms with Crippen molar-refractivity contribution in [3.63, 3.8) is 0 Å². The number of carbonyl (C=O) groups excluding carboxylic acids is 2. The molecule has 1 aromatic carbocycles. The Kier molecular flexibility index (Phi) is 5.40. The Morgan fingerprint density at radius 1 is 1.35 bits per heavy atom. The van der Waals surface area contributed by atoms with Crippen LogP contribution in [0.2, 0.25) is 0 Å². The molecule has 0 saturated heterocycles. The molecule has 0 fully saturated rings. The number of esters is 1. The Morgan fingerprint density at radius 2 is 2.05 bits per heavy atom. The molecule has 0 atom stereocenters. The van der Waals surface area contributed by atoms with Crippen molar-refractivity contribution in [3.05, 3.63) is 30.4 Å². The molecule has 7 heteroatoms. The number of hydrogen-bond donors (Lipinski definition) is 4. The molecule has 0 radical (unpaired) electrons. The van der Waals surface area contributed by atoms with Crippen LogP contribution in [0.25, 0.3) is 0 Å². The Labute approximate surface area is 117 Å². The van der Waals surface area contributed by atoms with Gasteiger partial charge < -0.3 is 26.8 Å². The summed E-state index contributed by atoms with van der Waals surface area (Å²) in [5.74, 6) is -0.493. The van der Waals surface area contributed by atoms with Crippen LogP contribution < -0.4 is 22.1 Å². The third kappa shape index (κ3) is 4.89. The van der Waals surface area contributed by atoms with Gasteiger partial charge in [0.25, 0.3) is 0 Å². The number of nitrogens with two attached hydrogens (primary N) is 2. The van der Waals surface area contributed by atoms with Gasteiger partial charge in [0.05, 0.1) is 17.9 Å². The van der Waals surface area contributed by atoms with Crippen molar-refractivity contribution in [2.75, 3.05) is 29.9 Å². The fraction of sp³-hybridized carbons (Fsp3) is 0.231. The number of anilines is 3. The maximum atomic E-state index is 11.6. The monoisotopic (exact) mass is 278 g/mol. The summed E-state index contributed by atoms with van der Waals surface area (Å²) in [6.45, 7) is 5.22. The quantitative estimate of drug-likeness (QED) is 0.278. The summed E-state index contributed by atoms with van der Waals surface area (Å²) in [6.07, 6.45) is 0. The molecule has 0 aliphatic rings. The Balaban J connectivity index is 2.35. The van der Waals surface area contributed by atoms with E-state index < -0.39 is 12.0 Å². The van der Waals surface area contributed by atoms with Gasteiger partial charge in [-0.05, 0) is 25.1 Å². The van der Waals surface area contributed by atoms with E-state index in [1.807, 2.05) is 0 Å². The largest absolute Gasteiger partial charge is 0.460 e.